The number of ketones is 1. The molecule has 0 aromatic heterocycles. The zero-order valence-corrected chi connectivity index (χ0v) is 24.8. The summed E-state index contributed by atoms with van der Waals surface area (Å²) in [5.41, 5.74) is 13.9. The number of rotatable bonds is 9. The summed E-state index contributed by atoms with van der Waals surface area (Å²) in [5.74, 6) is -4.93. The fourth-order valence-corrected chi connectivity index (χ4v) is 7.51. The molecule has 44 heavy (non-hydrogen) atoms. The second-order valence-electron chi connectivity index (χ2n) is 11.9. The first kappa shape index (κ1) is 31.0. The number of phenolic OH excluding ortho intramolecular Hbond substituents is 1. The van der Waals surface area contributed by atoms with Gasteiger partial charge in [0.05, 0.1) is 37.4 Å². The molecule has 234 valence electrons. The number of benzene rings is 2. The minimum atomic E-state index is -1.04. The van der Waals surface area contributed by atoms with E-state index in [-0.39, 0.29) is 40.5 Å². The second kappa shape index (κ2) is 11.9. The minimum absolute atomic E-state index is 0.0158. The molecule has 12 nitrogen and oxygen atoms in total. The number of Topliss-reactive ketones (excluding diaryl/α,β-unsaturated/α-hetero) is 1. The molecule has 0 radical (unpaired) electrons. The fraction of sp³-hybridized carbons (Fsp3) is 0.406. The van der Waals surface area contributed by atoms with Gasteiger partial charge in [0.1, 0.15) is 23.0 Å². The highest BCUT2D eigenvalue weighted by Gasteiger charge is 2.55. The molecule has 1 saturated carbocycles. The maximum Gasteiger partial charge on any atom is 0.248 e. The van der Waals surface area contributed by atoms with Crippen molar-refractivity contribution in [3.8, 4) is 22.6 Å². The Labute approximate surface area is 254 Å². The summed E-state index contributed by atoms with van der Waals surface area (Å²) in [6.07, 6.45) is 0.677. The van der Waals surface area contributed by atoms with Crippen LogP contribution in [0.1, 0.15) is 23.1 Å². The number of nitrogens with two attached hydrogens (primary N) is 2. The third-order valence-electron chi connectivity index (χ3n) is 9.22. The number of nitrogens with zero attached hydrogens (tertiary/aromatic N) is 1. The predicted octanol–water partition coefficient (Wildman–Crippen LogP) is 1.14. The molecule has 2 aromatic rings. The third kappa shape index (κ3) is 5.08. The number of likely N-dealkylation sites (N-methyl/N-ethyl adjacent to an activating group) is 1. The van der Waals surface area contributed by atoms with E-state index in [1.54, 1.807) is 38.2 Å². The number of phenols is 1. The SMILES string of the molecule is COc1ccc(-c2ccc(O)c3c2CC2CC4C(C(=O)C2=C3O)[C@H](CO)C(C(N)=O)=C(O)[C@H]4N(C)C)cc1CNCC(N)=O. The van der Waals surface area contributed by atoms with E-state index in [4.69, 9.17) is 16.2 Å². The number of methoxy groups -OCH3 is 1. The van der Waals surface area contributed by atoms with Crippen molar-refractivity contribution in [1.29, 1.82) is 0 Å². The summed E-state index contributed by atoms with van der Waals surface area (Å²) in [6, 6.07) is 8.04. The molecule has 2 aromatic carbocycles. The standard InChI is InChI=1S/C32H38N4O8/c1-36(2)28-19-10-15-9-18-17(14-4-7-22(44-3)16(8-14)11-35-12-23(33)39)5-6-21(38)26(18)30(41)24(15)29(40)25(19)20(13-37)27(31(28)42)32(34)43/h4-8,15,19-20,25,28,35,37-38,41-42H,9-13H2,1-3H3,(H2,33,39)(H2,34,43)/t15?,19?,20-,25?,28-/m0/s1. The normalized spacial score (nSPS) is 24.6. The topological polar surface area (TPSA) is 209 Å². The molecule has 12 heteroatoms. The first-order valence-electron chi connectivity index (χ1n) is 14.4. The van der Waals surface area contributed by atoms with E-state index in [0.29, 0.717) is 30.7 Å². The van der Waals surface area contributed by atoms with Crippen molar-refractivity contribution in [3.63, 3.8) is 0 Å². The lowest BCUT2D eigenvalue weighted by Crippen LogP contribution is -2.55. The summed E-state index contributed by atoms with van der Waals surface area (Å²) in [4.78, 5) is 39.6. The smallest absolute Gasteiger partial charge is 0.248 e. The molecular formula is C32H38N4O8. The molecule has 3 unspecified atom stereocenters. The summed E-state index contributed by atoms with van der Waals surface area (Å²) in [6.45, 7) is -0.301. The number of fused-ring (bicyclic) bond motifs is 3. The number of aromatic hydroxyl groups is 1. The number of aliphatic hydroxyl groups excluding tert-OH is 3. The summed E-state index contributed by atoms with van der Waals surface area (Å²) >= 11 is 0. The zero-order chi connectivity index (χ0) is 32.0. The first-order chi connectivity index (χ1) is 20.9. The Kier molecular flexibility index (Phi) is 8.43. The molecule has 0 heterocycles. The highest BCUT2D eigenvalue weighted by molar-refractivity contribution is 6.07. The Bertz CT molecular complexity index is 1600. The second-order valence-corrected chi connectivity index (χ2v) is 11.9. The predicted molar refractivity (Wildman–Crippen MR) is 161 cm³/mol. The number of primary amides is 2. The van der Waals surface area contributed by atoms with Gasteiger partial charge in [0.2, 0.25) is 11.8 Å². The molecule has 1 fully saturated rings. The average Bonchev–Trinajstić information content (AvgIpc) is 2.95. The van der Waals surface area contributed by atoms with E-state index in [1.165, 1.54) is 6.07 Å². The lowest BCUT2D eigenvalue weighted by Gasteiger charge is -2.49. The molecular weight excluding hydrogens is 568 g/mol. The van der Waals surface area contributed by atoms with Crippen molar-refractivity contribution in [3.05, 3.63) is 63.9 Å². The molecule has 5 rings (SSSR count). The number of nitrogens with one attached hydrogen (secondary N) is 1. The van der Waals surface area contributed by atoms with Gasteiger partial charge in [0, 0.05) is 29.5 Å². The third-order valence-corrected chi connectivity index (χ3v) is 9.22. The van der Waals surface area contributed by atoms with Crippen molar-refractivity contribution in [1.82, 2.24) is 10.2 Å². The van der Waals surface area contributed by atoms with E-state index in [2.05, 4.69) is 5.32 Å². The van der Waals surface area contributed by atoms with E-state index in [9.17, 15) is 34.8 Å². The van der Waals surface area contributed by atoms with Gasteiger partial charge >= 0.3 is 0 Å². The lowest BCUT2D eigenvalue weighted by atomic mass is 9.56. The molecule has 0 bridgehead atoms. The van der Waals surface area contributed by atoms with Crippen molar-refractivity contribution < 1.29 is 39.5 Å². The van der Waals surface area contributed by atoms with Crippen molar-refractivity contribution in [2.45, 2.75) is 25.4 Å². The van der Waals surface area contributed by atoms with Gasteiger partial charge in [-0.1, -0.05) is 12.1 Å². The Morgan fingerprint density at radius 1 is 1.11 bits per heavy atom. The van der Waals surface area contributed by atoms with Crippen LogP contribution in [0.4, 0.5) is 0 Å². The summed E-state index contributed by atoms with van der Waals surface area (Å²) in [7, 11) is 5.00. The number of carbonyl (C=O) groups is 3. The van der Waals surface area contributed by atoms with Crippen molar-refractivity contribution in [2.24, 2.45) is 35.1 Å². The molecule has 3 aliphatic carbocycles. The number of hydrogen-bond donors (Lipinski definition) is 7. The molecule has 0 saturated heterocycles. The maximum absolute atomic E-state index is 14.2. The molecule has 9 N–H and O–H groups in total. The van der Waals surface area contributed by atoms with Gasteiger partial charge in [-0.2, -0.15) is 0 Å². The van der Waals surface area contributed by atoms with Gasteiger partial charge in [-0.3, -0.25) is 19.3 Å². The van der Waals surface area contributed by atoms with Crippen LogP contribution >= 0.6 is 0 Å². The number of ether oxygens (including phenoxy) is 1. The van der Waals surface area contributed by atoms with Gasteiger partial charge in [-0.25, -0.2) is 0 Å². The Hall–Kier alpha value is -4.39. The number of allylic oxidation sites excluding steroid dienone is 1. The van der Waals surface area contributed by atoms with E-state index in [1.807, 2.05) is 12.1 Å². The highest BCUT2D eigenvalue weighted by Crippen LogP contribution is 2.53. The quantitative estimate of drug-likeness (QED) is 0.216. The van der Waals surface area contributed by atoms with Crippen LogP contribution in [0.5, 0.6) is 11.5 Å². The number of aliphatic hydroxyl groups is 3. The van der Waals surface area contributed by atoms with Crippen LogP contribution in [-0.4, -0.2) is 83.3 Å². The van der Waals surface area contributed by atoms with Gasteiger partial charge in [-0.05, 0) is 73.7 Å². The fourth-order valence-electron chi connectivity index (χ4n) is 7.51. The van der Waals surface area contributed by atoms with Crippen LogP contribution in [0.25, 0.3) is 16.9 Å². The lowest BCUT2D eigenvalue weighted by molar-refractivity contribution is -0.129. The van der Waals surface area contributed by atoms with Crippen LogP contribution < -0.4 is 21.5 Å². The number of carbonyl (C=O) groups excluding carboxylic acids is 3. The Balaban J connectivity index is 1.62. The monoisotopic (exact) mass is 606 g/mol. The van der Waals surface area contributed by atoms with Gasteiger partial charge in [0.15, 0.2) is 5.78 Å². The number of amides is 2. The van der Waals surface area contributed by atoms with Crippen LogP contribution in [0.2, 0.25) is 0 Å². The van der Waals surface area contributed by atoms with Crippen LogP contribution in [0, 0.1) is 23.7 Å². The van der Waals surface area contributed by atoms with Crippen LogP contribution in [0.3, 0.4) is 0 Å². The van der Waals surface area contributed by atoms with Gasteiger partial charge < -0.3 is 41.9 Å². The molecule has 5 atom stereocenters. The maximum atomic E-state index is 14.2. The first-order valence-corrected chi connectivity index (χ1v) is 14.4. The summed E-state index contributed by atoms with van der Waals surface area (Å²) in [5, 5.41) is 47.0. The van der Waals surface area contributed by atoms with E-state index in [0.717, 1.165) is 16.7 Å². The minimum Gasteiger partial charge on any atom is -0.510 e. The summed E-state index contributed by atoms with van der Waals surface area (Å²) < 4.78 is 5.50. The van der Waals surface area contributed by atoms with Crippen molar-refractivity contribution in [2.75, 3.05) is 34.4 Å². The average molecular weight is 607 g/mol. The van der Waals surface area contributed by atoms with Gasteiger partial charge in [0.25, 0.3) is 0 Å². The zero-order valence-electron chi connectivity index (χ0n) is 24.8. The largest absolute Gasteiger partial charge is 0.510 e. The molecule has 3 aliphatic rings. The number of hydrogen-bond acceptors (Lipinski definition) is 10. The van der Waals surface area contributed by atoms with Gasteiger partial charge in [-0.15, -0.1) is 0 Å². The van der Waals surface area contributed by atoms with Crippen LogP contribution in [-0.2, 0) is 27.3 Å². The molecule has 0 aliphatic heterocycles. The van der Waals surface area contributed by atoms with E-state index >= 15 is 0 Å². The van der Waals surface area contributed by atoms with Crippen LogP contribution in [0.15, 0.2) is 47.2 Å². The Morgan fingerprint density at radius 3 is 2.45 bits per heavy atom. The Morgan fingerprint density at radius 2 is 1.84 bits per heavy atom. The molecule has 0 spiro atoms. The van der Waals surface area contributed by atoms with Crippen molar-refractivity contribution >= 4 is 23.4 Å². The highest BCUT2D eigenvalue weighted by atomic mass is 16.5. The molecule has 2 amide bonds. The van der Waals surface area contributed by atoms with E-state index < -0.39 is 53.9 Å².